The Labute approximate surface area is 105 Å². The van der Waals surface area contributed by atoms with Crippen molar-refractivity contribution in [1.82, 2.24) is 5.32 Å². The molecule has 0 heterocycles. The average molecular weight is 249 g/mol. The van der Waals surface area contributed by atoms with Gasteiger partial charge in [0, 0.05) is 17.1 Å². The molecule has 3 N–H and O–H groups in total. The fraction of sp³-hybridized carbons (Fsp3) is 0.333. The summed E-state index contributed by atoms with van der Waals surface area (Å²) in [5.41, 5.74) is 7.48. The molecule has 0 radical (unpaired) electrons. The van der Waals surface area contributed by atoms with E-state index >= 15 is 0 Å². The van der Waals surface area contributed by atoms with E-state index in [1.54, 1.807) is 0 Å². The minimum Gasteiger partial charge on any atom is -0.399 e. The van der Waals surface area contributed by atoms with E-state index in [4.69, 9.17) is 11.0 Å². The highest BCUT2D eigenvalue weighted by Crippen LogP contribution is 2.24. The number of rotatable bonds is 5. The van der Waals surface area contributed by atoms with Gasteiger partial charge in [0.25, 0.3) is 0 Å². The second-order valence-electron chi connectivity index (χ2n) is 3.57. The zero-order valence-corrected chi connectivity index (χ0v) is 10.5. The topological polar surface area (TPSA) is 78.9 Å². The quantitative estimate of drug-likeness (QED) is 0.473. The van der Waals surface area contributed by atoms with Crippen LogP contribution in [0.25, 0.3) is 0 Å². The Bertz CT molecular complexity index is 440. The minimum absolute atomic E-state index is 0.0629. The second kappa shape index (κ2) is 6.81. The first-order chi connectivity index (χ1) is 8.13. The van der Waals surface area contributed by atoms with Crippen molar-refractivity contribution in [2.75, 3.05) is 18.0 Å². The maximum Gasteiger partial charge on any atom is 0.230 e. The Morgan fingerprint density at radius 2 is 2.35 bits per heavy atom. The third-order valence-corrected chi connectivity index (χ3v) is 3.29. The molecule has 5 heteroatoms. The summed E-state index contributed by atoms with van der Waals surface area (Å²) < 4.78 is 0. The van der Waals surface area contributed by atoms with Gasteiger partial charge in [-0.2, -0.15) is 5.26 Å². The first-order valence-electron chi connectivity index (χ1n) is 5.26. The van der Waals surface area contributed by atoms with E-state index in [9.17, 15) is 4.79 Å². The van der Waals surface area contributed by atoms with Gasteiger partial charge in [0.2, 0.25) is 5.91 Å². The van der Waals surface area contributed by atoms with Crippen molar-refractivity contribution in [3.05, 3.63) is 23.8 Å². The molecule has 4 nitrogen and oxygen atoms in total. The van der Waals surface area contributed by atoms with Crippen molar-refractivity contribution in [3.8, 4) is 6.07 Å². The SMILES string of the molecule is Cc1ccc(N)cc1SCC(=O)NCCC#N. The summed E-state index contributed by atoms with van der Waals surface area (Å²) >= 11 is 1.45. The van der Waals surface area contributed by atoms with E-state index in [2.05, 4.69) is 5.32 Å². The Hall–Kier alpha value is -1.67. The number of hydrogen-bond acceptors (Lipinski definition) is 4. The lowest BCUT2D eigenvalue weighted by molar-refractivity contribution is -0.118. The number of amides is 1. The number of benzene rings is 1. The van der Waals surface area contributed by atoms with Crippen LogP contribution in [0.3, 0.4) is 0 Å². The van der Waals surface area contributed by atoms with Gasteiger partial charge in [0.05, 0.1) is 18.2 Å². The first kappa shape index (κ1) is 13.4. The number of nitrogens with two attached hydrogens (primary N) is 1. The third-order valence-electron chi connectivity index (χ3n) is 2.13. The highest BCUT2D eigenvalue weighted by Gasteiger charge is 2.04. The molecule has 0 fully saturated rings. The number of aryl methyl sites for hydroxylation is 1. The van der Waals surface area contributed by atoms with Crippen LogP contribution in [0.15, 0.2) is 23.1 Å². The van der Waals surface area contributed by atoms with Crippen molar-refractivity contribution in [3.63, 3.8) is 0 Å². The van der Waals surface area contributed by atoms with E-state index in [1.165, 1.54) is 11.8 Å². The van der Waals surface area contributed by atoms with Crippen LogP contribution in [0.2, 0.25) is 0 Å². The lowest BCUT2D eigenvalue weighted by Crippen LogP contribution is -2.25. The molecule has 1 aromatic rings. The summed E-state index contributed by atoms with van der Waals surface area (Å²) in [6, 6.07) is 7.61. The van der Waals surface area contributed by atoms with E-state index in [0.29, 0.717) is 24.4 Å². The number of nitrogens with one attached hydrogen (secondary N) is 1. The molecule has 0 atom stereocenters. The van der Waals surface area contributed by atoms with Crippen LogP contribution >= 0.6 is 11.8 Å². The normalized spacial score (nSPS) is 9.65. The smallest absolute Gasteiger partial charge is 0.230 e. The van der Waals surface area contributed by atoms with Crippen LogP contribution in [-0.4, -0.2) is 18.2 Å². The molecular formula is C12H15N3OS. The number of nitriles is 1. The zero-order valence-electron chi connectivity index (χ0n) is 9.69. The van der Waals surface area contributed by atoms with Gasteiger partial charge in [-0.05, 0) is 24.6 Å². The number of carbonyl (C=O) groups is 1. The molecule has 0 bridgehead atoms. The fourth-order valence-electron chi connectivity index (χ4n) is 1.22. The Balaban J connectivity index is 2.42. The summed E-state index contributed by atoms with van der Waals surface area (Å²) in [7, 11) is 0. The summed E-state index contributed by atoms with van der Waals surface area (Å²) in [5.74, 6) is 0.280. The molecule has 1 amide bonds. The molecule has 0 saturated heterocycles. The van der Waals surface area contributed by atoms with Crippen molar-refractivity contribution in [2.45, 2.75) is 18.2 Å². The summed E-state index contributed by atoms with van der Waals surface area (Å²) in [6.07, 6.45) is 0.341. The van der Waals surface area contributed by atoms with Gasteiger partial charge >= 0.3 is 0 Å². The number of nitrogens with zero attached hydrogens (tertiary/aromatic N) is 1. The zero-order chi connectivity index (χ0) is 12.7. The van der Waals surface area contributed by atoms with Gasteiger partial charge in [-0.1, -0.05) is 6.07 Å². The van der Waals surface area contributed by atoms with Crippen LogP contribution in [-0.2, 0) is 4.79 Å². The number of anilines is 1. The Morgan fingerprint density at radius 1 is 1.59 bits per heavy atom. The predicted molar refractivity (Wildman–Crippen MR) is 69.6 cm³/mol. The molecule has 1 rings (SSSR count). The van der Waals surface area contributed by atoms with Crippen molar-refractivity contribution >= 4 is 23.4 Å². The van der Waals surface area contributed by atoms with E-state index in [0.717, 1.165) is 10.5 Å². The van der Waals surface area contributed by atoms with Crippen LogP contribution in [0.5, 0.6) is 0 Å². The number of nitrogen functional groups attached to an aromatic ring is 1. The van der Waals surface area contributed by atoms with Crippen LogP contribution in [0.1, 0.15) is 12.0 Å². The number of carbonyl (C=O) groups excluding carboxylic acids is 1. The van der Waals surface area contributed by atoms with Crippen molar-refractivity contribution < 1.29 is 4.79 Å². The van der Waals surface area contributed by atoms with Crippen molar-refractivity contribution in [2.24, 2.45) is 0 Å². The summed E-state index contributed by atoms with van der Waals surface area (Å²) in [4.78, 5) is 12.4. The van der Waals surface area contributed by atoms with Gasteiger partial charge < -0.3 is 11.1 Å². The molecule has 0 spiro atoms. The van der Waals surface area contributed by atoms with Gasteiger partial charge in [0.15, 0.2) is 0 Å². The molecule has 17 heavy (non-hydrogen) atoms. The maximum absolute atomic E-state index is 11.4. The fourth-order valence-corrected chi connectivity index (χ4v) is 2.13. The Kier molecular flexibility index (Phi) is 5.37. The minimum atomic E-state index is -0.0629. The standard InChI is InChI=1S/C12H15N3OS/c1-9-3-4-10(14)7-11(9)17-8-12(16)15-6-2-5-13/h3-4,7H,2,6,8,14H2,1H3,(H,15,16). The van der Waals surface area contributed by atoms with Gasteiger partial charge in [-0.15, -0.1) is 11.8 Å². The Morgan fingerprint density at radius 3 is 3.06 bits per heavy atom. The van der Waals surface area contributed by atoms with E-state index in [1.807, 2.05) is 31.2 Å². The van der Waals surface area contributed by atoms with Crippen molar-refractivity contribution in [1.29, 1.82) is 5.26 Å². The third kappa shape index (κ3) is 4.79. The van der Waals surface area contributed by atoms with Gasteiger partial charge in [-0.3, -0.25) is 4.79 Å². The molecule has 0 saturated carbocycles. The van der Waals surface area contributed by atoms with Gasteiger partial charge in [0.1, 0.15) is 0 Å². The van der Waals surface area contributed by atoms with Crippen LogP contribution < -0.4 is 11.1 Å². The molecule has 1 aromatic carbocycles. The molecule has 0 aromatic heterocycles. The molecule has 0 aliphatic carbocycles. The predicted octanol–water partition coefficient (Wildman–Crippen LogP) is 1.70. The first-order valence-corrected chi connectivity index (χ1v) is 6.24. The molecular weight excluding hydrogens is 234 g/mol. The van der Waals surface area contributed by atoms with Crippen LogP contribution in [0.4, 0.5) is 5.69 Å². The molecule has 0 aliphatic heterocycles. The number of hydrogen-bond donors (Lipinski definition) is 2. The lowest BCUT2D eigenvalue weighted by Gasteiger charge is -2.06. The largest absolute Gasteiger partial charge is 0.399 e. The monoisotopic (exact) mass is 249 g/mol. The maximum atomic E-state index is 11.4. The van der Waals surface area contributed by atoms with Crippen LogP contribution in [0, 0.1) is 18.3 Å². The average Bonchev–Trinajstić information content (AvgIpc) is 2.31. The highest BCUT2D eigenvalue weighted by molar-refractivity contribution is 8.00. The summed E-state index contributed by atoms with van der Waals surface area (Å²) in [5, 5.41) is 11.0. The highest BCUT2D eigenvalue weighted by atomic mass is 32.2. The molecule has 90 valence electrons. The van der Waals surface area contributed by atoms with E-state index in [-0.39, 0.29) is 5.91 Å². The second-order valence-corrected chi connectivity index (χ2v) is 4.59. The molecule has 0 aliphatic rings. The number of thioether (sulfide) groups is 1. The van der Waals surface area contributed by atoms with E-state index < -0.39 is 0 Å². The van der Waals surface area contributed by atoms with Gasteiger partial charge in [-0.25, -0.2) is 0 Å². The molecule has 0 unspecified atom stereocenters. The lowest BCUT2D eigenvalue weighted by atomic mass is 10.2. The summed E-state index contributed by atoms with van der Waals surface area (Å²) in [6.45, 7) is 2.39.